The van der Waals surface area contributed by atoms with Gasteiger partial charge in [-0.25, -0.2) is 0 Å². The maximum Gasteiger partial charge on any atom is 1.00 e. The van der Waals surface area contributed by atoms with Gasteiger partial charge in [0.15, 0.2) is 0 Å². The van der Waals surface area contributed by atoms with Crippen LogP contribution in [0.1, 0.15) is 12.6 Å². The van der Waals surface area contributed by atoms with Gasteiger partial charge in [0.2, 0.25) is 0 Å². The molecule has 0 fully saturated rings. The maximum atomic E-state index is 2.12. The fraction of sp³-hybridized carbons (Fsp3) is 0.250. The molecule has 0 aliphatic heterocycles. The molecule has 44 valence electrons. The van der Waals surface area contributed by atoms with Crippen LogP contribution in [0.2, 0.25) is 0 Å². The summed E-state index contributed by atoms with van der Waals surface area (Å²) in [5.41, 5.74) is 2.66. The van der Waals surface area contributed by atoms with Gasteiger partial charge in [-0.3, -0.25) is 0 Å². The van der Waals surface area contributed by atoms with E-state index < -0.39 is 0 Å². The molecule has 0 atom stereocenters. The van der Waals surface area contributed by atoms with Gasteiger partial charge in [-0.05, 0) is 13.8 Å². The van der Waals surface area contributed by atoms with E-state index in [9.17, 15) is 0 Å². The first kappa shape index (κ1) is 8.82. The molecule has 0 bridgehead atoms. The van der Waals surface area contributed by atoms with Crippen molar-refractivity contribution in [3.05, 3.63) is 35.4 Å². The standard InChI is InChI=1S/C8H10.Li.H/c1-7-3-5-8(2)6-4-7;;/h3-6H,1-2H3;;/q;+1;-1. The molecule has 1 heteroatoms. The van der Waals surface area contributed by atoms with E-state index in [2.05, 4.69) is 38.1 Å². The molecule has 0 unspecified atom stereocenters. The molecule has 0 N–H and O–H groups in total. The average molecular weight is 114 g/mol. The molecule has 0 amide bonds. The minimum absolute atomic E-state index is 0. The zero-order valence-electron chi connectivity index (χ0n) is 7.31. The molecule has 0 heterocycles. The zero-order valence-corrected chi connectivity index (χ0v) is 6.31. The molecule has 0 aromatic heterocycles. The van der Waals surface area contributed by atoms with Crippen LogP contribution in [0, 0.1) is 13.8 Å². The molecular weight excluding hydrogens is 103 g/mol. The molecular formula is C8H11Li. The average Bonchev–Trinajstić information content (AvgIpc) is 1.77. The van der Waals surface area contributed by atoms with Crippen molar-refractivity contribution in [2.24, 2.45) is 0 Å². The topological polar surface area (TPSA) is 0 Å². The van der Waals surface area contributed by atoms with Crippen LogP contribution in [0.4, 0.5) is 0 Å². The predicted molar refractivity (Wildman–Crippen MR) is 37.0 cm³/mol. The predicted octanol–water partition coefficient (Wildman–Crippen LogP) is -0.580. The Bertz CT molecular complexity index is 148. The van der Waals surface area contributed by atoms with E-state index in [-0.39, 0.29) is 20.3 Å². The van der Waals surface area contributed by atoms with Gasteiger partial charge in [-0.1, -0.05) is 35.4 Å². The van der Waals surface area contributed by atoms with Crippen molar-refractivity contribution in [3.63, 3.8) is 0 Å². The molecule has 0 saturated carbocycles. The van der Waals surface area contributed by atoms with Crippen molar-refractivity contribution in [1.29, 1.82) is 0 Å². The van der Waals surface area contributed by atoms with E-state index in [4.69, 9.17) is 0 Å². The monoisotopic (exact) mass is 114 g/mol. The first-order chi connectivity index (χ1) is 3.79. The summed E-state index contributed by atoms with van der Waals surface area (Å²) in [5.74, 6) is 0. The van der Waals surface area contributed by atoms with Crippen molar-refractivity contribution >= 4 is 0 Å². The van der Waals surface area contributed by atoms with Gasteiger partial charge in [-0.2, -0.15) is 0 Å². The Hall–Kier alpha value is -0.183. The van der Waals surface area contributed by atoms with E-state index in [0.29, 0.717) is 0 Å². The van der Waals surface area contributed by atoms with E-state index in [1.165, 1.54) is 11.1 Å². The van der Waals surface area contributed by atoms with E-state index in [0.717, 1.165) is 0 Å². The summed E-state index contributed by atoms with van der Waals surface area (Å²) >= 11 is 0. The third-order valence-electron chi connectivity index (χ3n) is 1.22. The van der Waals surface area contributed by atoms with Gasteiger partial charge in [0.1, 0.15) is 0 Å². The van der Waals surface area contributed by atoms with Crippen LogP contribution in [0.15, 0.2) is 24.3 Å². The van der Waals surface area contributed by atoms with Crippen molar-refractivity contribution in [2.75, 3.05) is 0 Å². The number of rotatable bonds is 0. The van der Waals surface area contributed by atoms with Crippen LogP contribution < -0.4 is 18.9 Å². The second-order valence-corrected chi connectivity index (χ2v) is 2.15. The molecule has 0 saturated heterocycles. The van der Waals surface area contributed by atoms with Crippen LogP contribution in [-0.2, 0) is 0 Å². The fourth-order valence-corrected chi connectivity index (χ4v) is 0.637. The Labute approximate surface area is 69.9 Å². The summed E-state index contributed by atoms with van der Waals surface area (Å²) < 4.78 is 0. The Kier molecular flexibility index (Phi) is 3.69. The first-order valence-corrected chi connectivity index (χ1v) is 2.82. The smallest absolute Gasteiger partial charge is 1.00 e. The molecule has 1 rings (SSSR count). The SMILES string of the molecule is Cc1ccc(C)cc1.[H-].[Li+]. The molecule has 0 spiro atoms. The zero-order chi connectivity index (χ0) is 5.98. The van der Waals surface area contributed by atoms with Crippen LogP contribution in [0.5, 0.6) is 0 Å². The van der Waals surface area contributed by atoms with E-state index in [1.54, 1.807) is 0 Å². The van der Waals surface area contributed by atoms with Gasteiger partial charge < -0.3 is 1.43 Å². The van der Waals surface area contributed by atoms with Crippen LogP contribution in [0.3, 0.4) is 0 Å². The van der Waals surface area contributed by atoms with Crippen molar-refractivity contribution in [3.8, 4) is 0 Å². The first-order valence-electron chi connectivity index (χ1n) is 2.82. The van der Waals surface area contributed by atoms with Crippen LogP contribution in [-0.4, -0.2) is 0 Å². The molecule has 1 aromatic rings. The van der Waals surface area contributed by atoms with Gasteiger partial charge in [-0.15, -0.1) is 0 Å². The maximum absolute atomic E-state index is 2.12. The number of hydrogen-bond donors (Lipinski definition) is 0. The summed E-state index contributed by atoms with van der Waals surface area (Å²) in [4.78, 5) is 0. The quantitative estimate of drug-likeness (QED) is 0.396. The number of benzene rings is 1. The van der Waals surface area contributed by atoms with Crippen molar-refractivity contribution < 1.29 is 20.3 Å². The Balaban J connectivity index is 0. The van der Waals surface area contributed by atoms with Crippen LogP contribution >= 0.6 is 0 Å². The van der Waals surface area contributed by atoms with Gasteiger partial charge in [0.25, 0.3) is 0 Å². The van der Waals surface area contributed by atoms with Crippen LogP contribution in [0.25, 0.3) is 0 Å². The van der Waals surface area contributed by atoms with Gasteiger partial charge >= 0.3 is 18.9 Å². The Morgan fingerprint density at radius 2 is 1.11 bits per heavy atom. The Morgan fingerprint density at radius 1 is 0.889 bits per heavy atom. The molecule has 1 aromatic carbocycles. The summed E-state index contributed by atoms with van der Waals surface area (Å²) in [5, 5.41) is 0. The van der Waals surface area contributed by atoms with E-state index in [1.807, 2.05) is 0 Å². The molecule has 0 aliphatic rings. The van der Waals surface area contributed by atoms with Gasteiger partial charge in [0.05, 0.1) is 0 Å². The minimum Gasteiger partial charge on any atom is -1.00 e. The van der Waals surface area contributed by atoms with Crippen molar-refractivity contribution in [1.82, 2.24) is 0 Å². The molecule has 0 aliphatic carbocycles. The minimum atomic E-state index is 0. The third-order valence-corrected chi connectivity index (χ3v) is 1.22. The number of aryl methyl sites for hydroxylation is 2. The summed E-state index contributed by atoms with van der Waals surface area (Å²) in [6.45, 7) is 4.19. The number of hydrogen-bond acceptors (Lipinski definition) is 0. The fourth-order valence-electron chi connectivity index (χ4n) is 0.637. The Morgan fingerprint density at radius 3 is 1.33 bits per heavy atom. The summed E-state index contributed by atoms with van der Waals surface area (Å²) in [6.07, 6.45) is 0. The summed E-state index contributed by atoms with van der Waals surface area (Å²) in [7, 11) is 0. The second-order valence-electron chi connectivity index (χ2n) is 2.15. The largest absolute Gasteiger partial charge is 1.00 e. The van der Waals surface area contributed by atoms with E-state index >= 15 is 0 Å². The van der Waals surface area contributed by atoms with Gasteiger partial charge in [0, 0.05) is 0 Å². The second kappa shape index (κ2) is 3.77. The summed E-state index contributed by atoms with van der Waals surface area (Å²) in [6, 6.07) is 8.48. The van der Waals surface area contributed by atoms with Crippen molar-refractivity contribution in [2.45, 2.75) is 13.8 Å². The third kappa shape index (κ3) is 2.74. The molecule has 9 heavy (non-hydrogen) atoms. The normalized spacial score (nSPS) is 8.22. The molecule has 0 radical (unpaired) electrons. The molecule has 0 nitrogen and oxygen atoms in total.